The summed E-state index contributed by atoms with van der Waals surface area (Å²) in [5, 5.41) is 10.0. The highest BCUT2D eigenvalue weighted by Gasteiger charge is 2.37. The number of hydrogen-bond acceptors (Lipinski definition) is 1. The van der Waals surface area contributed by atoms with Gasteiger partial charge in [0, 0.05) is 22.1 Å². The maximum atomic E-state index is 6.41. The highest BCUT2D eigenvalue weighted by atomic mass is 16.3. The van der Waals surface area contributed by atoms with E-state index in [1.807, 2.05) is 18.2 Å². The Labute approximate surface area is 327 Å². The van der Waals surface area contributed by atoms with E-state index in [2.05, 4.69) is 167 Å². The Morgan fingerprint density at radius 1 is 0.696 bits per heavy atom. The first-order valence-electron chi connectivity index (χ1n) is 19.7. The lowest BCUT2D eigenvalue weighted by Gasteiger charge is -2.27. The van der Waals surface area contributed by atoms with Gasteiger partial charge in [0.05, 0.1) is 0 Å². The highest BCUT2D eigenvalue weighted by molar-refractivity contribution is 6.19. The fourth-order valence-electron chi connectivity index (χ4n) is 10.0. The molecule has 1 unspecified atom stereocenters. The Bertz CT molecular complexity index is 3160. The number of para-hydroxylation sites is 1. The zero-order valence-electron chi connectivity index (χ0n) is 31.7. The summed E-state index contributed by atoms with van der Waals surface area (Å²) < 4.78 is 6.41. The van der Waals surface area contributed by atoms with Gasteiger partial charge >= 0.3 is 0 Å². The molecule has 0 bridgehead atoms. The lowest BCUT2D eigenvalue weighted by Crippen LogP contribution is -2.15. The van der Waals surface area contributed by atoms with Crippen molar-refractivity contribution in [2.45, 2.75) is 25.7 Å². The standard InChI is InChI=1S/C55H40O/c1-5-6-13-33(2)34-20-21-36-29-38(23-22-35(36)28-34)52-41-15-7-9-17-43(41)53(44-18-10-8-16-42(44)52)39-25-27-49-47(31-39)45-26-24-37-30-48-40-14-11-12-19-50(40)56-51(48)32-46(37)54(45)55(49,3)4/h5-28,30-32,36H,1-2,29H2,3-4H3/b13-6-. The van der Waals surface area contributed by atoms with Crippen molar-refractivity contribution < 1.29 is 4.42 Å². The van der Waals surface area contributed by atoms with E-state index in [1.165, 1.54) is 93.2 Å². The second-order valence-corrected chi connectivity index (χ2v) is 16.1. The van der Waals surface area contributed by atoms with E-state index in [0.29, 0.717) is 5.92 Å². The van der Waals surface area contributed by atoms with Gasteiger partial charge in [-0.25, -0.2) is 0 Å². The fraction of sp³-hybridized carbons (Fsp3) is 0.0909. The summed E-state index contributed by atoms with van der Waals surface area (Å²) in [5.74, 6) is 0.325. The largest absolute Gasteiger partial charge is 0.456 e. The topological polar surface area (TPSA) is 13.1 Å². The first-order chi connectivity index (χ1) is 27.4. The Morgan fingerprint density at radius 3 is 2.16 bits per heavy atom. The second kappa shape index (κ2) is 12.2. The molecule has 1 aromatic heterocycles. The third kappa shape index (κ3) is 4.74. The van der Waals surface area contributed by atoms with Crippen molar-refractivity contribution in [2.75, 3.05) is 0 Å². The van der Waals surface area contributed by atoms with E-state index in [4.69, 9.17) is 4.42 Å². The van der Waals surface area contributed by atoms with Crippen LogP contribution >= 0.6 is 0 Å². The minimum Gasteiger partial charge on any atom is -0.456 e. The molecule has 1 atom stereocenters. The molecule has 3 aliphatic rings. The molecule has 0 radical (unpaired) electrons. The number of benzene rings is 7. The van der Waals surface area contributed by atoms with Gasteiger partial charge in [-0.3, -0.25) is 0 Å². The summed E-state index contributed by atoms with van der Waals surface area (Å²) in [6.45, 7) is 12.9. The molecule has 0 saturated carbocycles. The second-order valence-electron chi connectivity index (χ2n) is 16.1. The van der Waals surface area contributed by atoms with E-state index < -0.39 is 0 Å². The molecular weight excluding hydrogens is 677 g/mol. The van der Waals surface area contributed by atoms with Gasteiger partial charge in [-0.1, -0.05) is 167 Å². The summed E-state index contributed by atoms with van der Waals surface area (Å²) in [7, 11) is 0. The molecule has 1 heterocycles. The van der Waals surface area contributed by atoms with Crippen LogP contribution in [0.5, 0.6) is 0 Å². The Hall–Kier alpha value is -6.70. The summed E-state index contributed by atoms with van der Waals surface area (Å²) in [5.41, 5.74) is 15.8. The van der Waals surface area contributed by atoms with Crippen LogP contribution in [0.15, 0.2) is 198 Å². The van der Waals surface area contributed by atoms with Gasteiger partial charge in [0.15, 0.2) is 0 Å². The molecule has 8 aromatic rings. The molecule has 0 aliphatic heterocycles. The maximum absolute atomic E-state index is 6.41. The predicted octanol–water partition coefficient (Wildman–Crippen LogP) is 15.1. The Morgan fingerprint density at radius 2 is 1.41 bits per heavy atom. The normalized spacial score (nSPS) is 17.0. The summed E-state index contributed by atoms with van der Waals surface area (Å²) >= 11 is 0. The van der Waals surface area contributed by atoms with Crippen LogP contribution in [-0.2, 0) is 5.41 Å². The van der Waals surface area contributed by atoms with Crippen LogP contribution in [0.1, 0.15) is 37.0 Å². The molecule has 266 valence electrons. The molecule has 0 saturated heterocycles. The van der Waals surface area contributed by atoms with Crippen molar-refractivity contribution in [3.05, 3.63) is 210 Å². The first kappa shape index (κ1) is 32.7. The number of hydrogen-bond donors (Lipinski definition) is 0. The fourth-order valence-corrected chi connectivity index (χ4v) is 10.0. The van der Waals surface area contributed by atoms with E-state index >= 15 is 0 Å². The minimum absolute atomic E-state index is 0.171. The number of fused-ring (bicyclic) bond motifs is 11. The van der Waals surface area contributed by atoms with Gasteiger partial charge in [0.1, 0.15) is 11.2 Å². The zero-order chi connectivity index (χ0) is 37.7. The SMILES string of the molecule is C=C/C=C\C(=C)C1=CC2=CC=C(c3c4ccccc4c(-c4ccc5c(c4)-c4ccc6cc7c(cc6c4C5(C)C)oc4ccccc47)c4ccccc34)CC2C=C1. The van der Waals surface area contributed by atoms with E-state index in [-0.39, 0.29) is 5.41 Å². The van der Waals surface area contributed by atoms with Crippen LogP contribution in [-0.4, -0.2) is 0 Å². The molecule has 0 N–H and O–H groups in total. The molecule has 0 spiro atoms. The summed E-state index contributed by atoms with van der Waals surface area (Å²) in [6.07, 6.45) is 18.3. The van der Waals surface area contributed by atoms with Crippen molar-refractivity contribution in [2.24, 2.45) is 5.92 Å². The molecule has 56 heavy (non-hydrogen) atoms. The van der Waals surface area contributed by atoms with Crippen LogP contribution in [0.4, 0.5) is 0 Å². The quantitative estimate of drug-likeness (QED) is 0.128. The lowest BCUT2D eigenvalue weighted by atomic mass is 9.77. The van der Waals surface area contributed by atoms with Gasteiger partial charge in [-0.15, -0.1) is 0 Å². The van der Waals surface area contributed by atoms with Crippen molar-refractivity contribution in [1.82, 2.24) is 0 Å². The average molecular weight is 717 g/mol. The van der Waals surface area contributed by atoms with Crippen molar-refractivity contribution in [1.29, 1.82) is 0 Å². The van der Waals surface area contributed by atoms with Crippen LogP contribution in [0.25, 0.3) is 82.1 Å². The molecule has 11 rings (SSSR count). The van der Waals surface area contributed by atoms with Gasteiger partial charge in [-0.2, -0.15) is 0 Å². The average Bonchev–Trinajstić information content (AvgIpc) is 3.71. The van der Waals surface area contributed by atoms with Crippen molar-refractivity contribution in [3.8, 4) is 22.3 Å². The van der Waals surface area contributed by atoms with Crippen molar-refractivity contribution in [3.63, 3.8) is 0 Å². The van der Waals surface area contributed by atoms with E-state index in [0.717, 1.165) is 28.7 Å². The van der Waals surface area contributed by atoms with Gasteiger partial charge in [0.2, 0.25) is 0 Å². The highest BCUT2D eigenvalue weighted by Crippen LogP contribution is 2.54. The number of rotatable bonds is 5. The summed E-state index contributed by atoms with van der Waals surface area (Å²) in [4.78, 5) is 0. The lowest BCUT2D eigenvalue weighted by molar-refractivity contribution is 0.663. The molecule has 1 heteroatoms. The number of allylic oxidation sites excluding steroid dienone is 12. The predicted molar refractivity (Wildman–Crippen MR) is 239 cm³/mol. The van der Waals surface area contributed by atoms with Gasteiger partial charge in [-0.05, 0) is 124 Å². The first-order valence-corrected chi connectivity index (χ1v) is 19.7. The molecule has 0 amide bonds. The van der Waals surface area contributed by atoms with Crippen LogP contribution < -0.4 is 0 Å². The smallest absolute Gasteiger partial charge is 0.136 e. The van der Waals surface area contributed by atoms with Gasteiger partial charge in [0.25, 0.3) is 0 Å². The summed E-state index contributed by atoms with van der Waals surface area (Å²) in [6, 6.07) is 42.9. The zero-order valence-corrected chi connectivity index (χ0v) is 31.7. The van der Waals surface area contributed by atoms with Crippen LogP contribution in [0.3, 0.4) is 0 Å². The third-order valence-corrected chi connectivity index (χ3v) is 12.6. The molecular formula is C55H40O. The van der Waals surface area contributed by atoms with E-state index in [9.17, 15) is 0 Å². The molecule has 3 aliphatic carbocycles. The Kier molecular flexibility index (Phi) is 7.10. The third-order valence-electron chi connectivity index (χ3n) is 12.6. The Balaban J connectivity index is 1.07. The molecule has 7 aromatic carbocycles. The van der Waals surface area contributed by atoms with Gasteiger partial charge < -0.3 is 4.42 Å². The van der Waals surface area contributed by atoms with Crippen molar-refractivity contribution >= 4 is 59.8 Å². The van der Waals surface area contributed by atoms with Crippen LogP contribution in [0.2, 0.25) is 0 Å². The maximum Gasteiger partial charge on any atom is 0.136 e. The number of furan rings is 1. The molecule has 0 fully saturated rings. The van der Waals surface area contributed by atoms with E-state index in [1.54, 1.807) is 6.08 Å². The monoisotopic (exact) mass is 716 g/mol. The minimum atomic E-state index is -0.171. The van der Waals surface area contributed by atoms with Crippen LogP contribution in [0, 0.1) is 5.92 Å². The molecule has 1 nitrogen and oxygen atoms in total.